The summed E-state index contributed by atoms with van der Waals surface area (Å²) in [6, 6.07) is 0. The highest BCUT2D eigenvalue weighted by Gasteiger charge is 2.27. The van der Waals surface area contributed by atoms with Crippen molar-refractivity contribution in [1.82, 2.24) is 14.1 Å². The molecule has 1 N–H and O–H groups in total. The highest BCUT2D eigenvalue weighted by molar-refractivity contribution is 7.89. The van der Waals surface area contributed by atoms with E-state index in [9.17, 15) is 13.2 Å². The van der Waals surface area contributed by atoms with E-state index in [1.54, 1.807) is 20.9 Å². The van der Waals surface area contributed by atoms with Gasteiger partial charge in [-0.25, -0.2) is 8.42 Å². The summed E-state index contributed by atoms with van der Waals surface area (Å²) in [5.41, 5.74) is 0.531. The second-order valence-corrected chi connectivity index (χ2v) is 5.76. The fourth-order valence-electron chi connectivity index (χ4n) is 1.54. The molecule has 1 heterocycles. The third-order valence-electron chi connectivity index (χ3n) is 2.74. The maximum atomic E-state index is 12.3. The Labute approximate surface area is 106 Å². The molecule has 8 heteroatoms. The van der Waals surface area contributed by atoms with E-state index < -0.39 is 16.0 Å². The highest BCUT2D eigenvalue weighted by atomic mass is 32.2. The Bertz CT molecular complexity index is 535. The lowest BCUT2D eigenvalue weighted by atomic mass is 10.4. The normalized spacial score (nSPS) is 12.0. The SMILES string of the molecule is CCN(CCC(=O)O)S(=O)(=O)c1cnn(C)c1C. The van der Waals surface area contributed by atoms with Crippen LogP contribution in [-0.4, -0.2) is 46.7 Å². The van der Waals surface area contributed by atoms with Crippen LogP contribution in [-0.2, 0) is 21.9 Å². The quantitative estimate of drug-likeness (QED) is 0.801. The molecular formula is C10H17N3O4S. The summed E-state index contributed by atoms with van der Waals surface area (Å²) in [7, 11) is -2.02. The molecule has 0 radical (unpaired) electrons. The lowest BCUT2D eigenvalue weighted by Gasteiger charge is -2.19. The maximum absolute atomic E-state index is 12.3. The lowest BCUT2D eigenvalue weighted by molar-refractivity contribution is -0.137. The van der Waals surface area contributed by atoms with Crippen molar-refractivity contribution in [2.45, 2.75) is 25.2 Å². The van der Waals surface area contributed by atoms with Crippen molar-refractivity contribution in [1.29, 1.82) is 0 Å². The van der Waals surface area contributed by atoms with Crippen LogP contribution in [0.1, 0.15) is 19.0 Å². The Morgan fingerprint density at radius 3 is 2.56 bits per heavy atom. The summed E-state index contributed by atoms with van der Waals surface area (Å²) >= 11 is 0. The first kappa shape index (κ1) is 14.7. The van der Waals surface area contributed by atoms with E-state index in [0.29, 0.717) is 5.69 Å². The first-order chi connectivity index (χ1) is 8.30. The minimum atomic E-state index is -3.67. The van der Waals surface area contributed by atoms with Gasteiger partial charge in [0.15, 0.2) is 0 Å². The third-order valence-corrected chi connectivity index (χ3v) is 4.81. The topological polar surface area (TPSA) is 92.5 Å². The van der Waals surface area contributed by atoms with Crippen LogP contribution < -0.4 is 0 Å². The molecule has 1 aromatic rings. The molecule has 0 bridgehead atoms. The summed E-state index contributed by atoms with van der Waals surface area (Å²) < 4.78 is 27.2. The van der Waals surface area contributed by atoms with Gasteiger partial charge in [0.05, 0.1) is 18.3 Å². The van der Waals surface area contributed by atoms with Gasteiger partial charge in [-0.1, -0.05) is 6.92 Å². The molecule has 0 aliphatic rings. The molecule has 0 saturated heterocycles. The minimum Gasteiger partial charge on any atom is -0.481 e. The molecule has 7 nitrogen and oxygen atoms in total. The van der Waals surface area contributed by atoms with Crippen LogP contribution in [0, 0.1) is 6.92 Å². The van der Waals surface area contributed by atoms with Crippen LogP contribution in [0.25, 0.3) is 0 Å². The van der Waals surface area contributed by atoms with Crippen LogP contribution in [0.5, 0.6) is 0 Å². The van der Waals surface area contributed by atoms with Gasteiger partial charge >= 0.3 is 5.97 Å². The second kappa shape index (κ2) is 5.49. The van der Waals surface area contributed by atoms with Crippen molar-refractivity contribution in [3.63, 3.8) is 0 Å². The van der Waals surface area contributed by atoms with Gasteiger partial charge in [0.1, 0.15) is 4.90 Å². The summed E-state index contributed by atoms with van der Waals surface area (Å²) in [6.45, 7) is 3.52. The van der Waals surface area contributed by atoms with Gasteiger partial charge in [-0.3, -0.25) is 9.48 Å². The second-order valence-electron chi connectivity index (χ2n) is 3.86. The van der Waals surface area contributed by atoms with Gasteiger partial charge in [0.2, 0.25) is 10.0 Å². The van der Waals surface area contributed by atoms with Crippen LogP contribution in [0.2, 0.25) is 0 Å². The van der Waals surface area contributed by atoms with Gasteiger partial charge in [-0.15, -0.1) is 0 Å². The first-order valence-corrected chi connectivity index (χ1v) is 6.95. The molecule has 0 saturated carbocycles. The summed E-state index contributed by atoms with van der Waals surface area (Å²) in [5, 5.41) is 12.5. The standard InChI is InChI=1S/C10H17N3O4S/c1-4-13(6-5-10(14)15)18(16,17)9-7-11-12(3)8(9)2/h7H,4-6H2,1-3H3,(H,14,15). The van der Waals surface area contributed by atoms with Crippen molar-refractivity contribution in [2.75, 3.05) is 13.1 Å². The Hall–Kier alpha value is -1.41. The Balaban J connectivity index is 3.03. The largest absolute Gasteiger partial charge is 0.481 e. The molecule has 0 unspecified atom stereocenters. The zero-order valence-electron chi connectivity index (χ0n) is 10.6. The number of carbonyl (C=O) groups is 1. The molecule has 0 amide bonds. The molecule has 0 fully saturated rings. The number of carboxylic acid groups (broad SMARTS) is 1. The molecule has 1 aromatic heterocycles. The molecule has 0 aromatic carbocycles. The van der Waals surface area contributed by atoms with Crippen molar-refractivity contribution in [3.05, 3.63) is 11.9 Å². The lowest BCUT2D eigenvalue weighted by Crippen LogP contribution is -2.33. The fourth-order valence-corrected chi connectivity index (χ4v) is 3.17. The molecule has 0 spiro atoms. The predicted octanol–water partition coefficient (Wildman–Crippen LogP) is 0.214. The third kappa shape index (κ3) is 2.88. The van der Waals surface area contributed by atoms with Crippen molar-refractivity contribution in [3.8, 4) is 0 Å². The molecule has 18 heavy (non-hydrogen) atoms. The number of aliphatic carboxylic acids is 1. The molecule has 1 rings (SSSR count). The van der Waals surface area contributed by atoms with E-state index >= 15 is 0 Å². The first-order valence-electron chi connectivity index (χ1n) is 5.51. The van der Waals surface area contributed by atoms with E-state index in [-0.39, 0.29) is 24.4 Å². The molecular weight excluding hydrogens is 258 g/mol. The fraction of sp³-hybridized carbons (Fsp3) is 0.600. The Kier molecular flexibility index (Phi) is 4.47. The number of hydrogen-bond donors (Lipinski definition) is 1. The van der Waals surface area contributed by atoms with E-state index in [1.165, 1.54) is 10.9 Å². The number of sulfonamides is 1. The van der Waals surface area contributed by atoms with Crippen molar-refractivity contribution < 1.29 is 18.3 Å². The molecule has 0 aliphatic heterocycles. The van der Waals surface area contributed by atoms with Crippen molar-refractivity contribution in [2.24, 2.45) is 7.05 Å². The van der Waals surface area contributed by atoms with Crippen LogP contribution >= 0.6 is 0 Å². The summed E-state index contributed by atoms with van der Waals surface area (Å²) in [6.07, 6.45) is 1.07. The van der Waals surface area contributed by atoms with Crippen LogP contribution in [0.3, 0.4) is 0 Å². The highest BCUT2D eigenvalue weighted by Crippen LogP contribution is 2.18. The van der Waals surface area contributed by atoms with Gasteiger partial charge in [-0.05, 0) is 6.92 Å². The smallest absolute Gasteiger partial charge is 0.304 e. The Morgan fingerprint density at radius 2 is 2.17 bits per heavy atom. The summed E-state index contributed by atoms with van der Waals surface area (Å²) in [5.74, 6) is -1.02. The monoisotopic (exact) mass is 275 g/mol. The number of rotatable bonds is 6. The molecule has 0 atom stereocenters. The maximum Gasteiger partial charge on any atom is 0.304 e. The number of nitrogens with zero attached hydrogens (tertiary/aromatic N) is 3. The number of carboxylic acids is 1. The van der Waals surface area contributed by atoms with E-state index in [2.05, 4.69) is 5.10 Å². The van der Waals surface area contributed by atoms with Crippen LogP contribution in [0.4, 0.5) is 0 Å². The van der Waals surface area contributed by atoms with E-state index in [0.717, 1.165) is 4.31 Å². The zero-order valence-corrected chi connectivity index (χ0v) is 11.4. The average molecular weight is 275 g/mol. The number of hydrogen-bond acceptors (Lipinski definition) is 4. The zero-order chi connectivity index (χ0) is 13.9. The Morgan fingerprint density at radius 1 is 1.56 bits per heavy atom. The van der Waals surface area contributed by atoms with Crippen molar-refractivity contribution >= 4 is 16.0 Å². The predicted molar refractivity (Wildman–Crippen MR) is 64.6 cm³/mol. The summed E-state index contributed by atoms with van der Waals surface area (Å²) in [4.78, 5) is 10.6. The van der Waals surface area contributed by atoms with Gasteiger partial charge in [-0.2, -0.15) is 9.40 Å². The average Bonchev–Trinajstić information content (AvgIpc) is 2.60. The van der Waals surface area contributed by atoms with Gasteiger partial charge in [0, 0.05) is 20.1 Å². The molecule has 102 valence electrons. The van der Waals surface area contributed by atoms with Gasteiger partial charge < -0.3 is 5.11 Å². The molecule has 0 aliphatic carbocycles. The van der Waals surface area contributed by atoms with E-state index in [1.807, 2.05) is 0 Å². The number of aromatic nitrogens is 2. The van der Waals surface area contributed by atoms with E-state index in [4.69, 9.17) is 5.11 Å². The number of aryl methyl sites for hydroxylation is 1. The van der Waals surface area contributed by atoms with Gasteiger partial charge in [0.25, 0.3) is 0 Å². The minimum absolute atomic E-state index is 0.0392. The van der Waals surface area contributed by atoms with Crippen LogP contribution in [0.15, 0.2) is 11.1 Å².